The van der Waals surface area contributed by atoms with Gasteiger partial charge in [0.2, 0.25) is 0 Å². The summed E-state index contributed by atoms with van der Waals surface area (Å²) in [6, 6.07) is 13.2. The van der Waals surface area contributed by atoms with Gasteiger partial charge in [-0.25, -0.2) is 8.78 Å². The van der Waals surface area contributed by atoms with Crippen LogP contribution in [0.2, 0.25) is 0 Å². The number of rotatable bonds is 1. The molecule has 0 saturated heterocycles. The number of benzene rings is 2. The van der Waals surface area contributed by atoms with Gasteiger partial charge in [0.15, 0.2) is 0 Å². The molecule has 90 valence electrons. The van der Waals surface area contributed by atoms with Crippen LogP contribution in [0.3, 0.4) is 0 Å². The van der Waals surface area contributed by atoms with E-state index in [4.69, 9.17) is 0 Å². The van der Waals surface area contributed by atoms with Crippen molar-refractivity contribution in [3.05, 3.63) is 71.3 Å². The number of aryl methyl sites for hydroxylation is 2. The first-order valence-electron chi connectivity index (χ1n) is 5.58. The molecule has 0 aromatic heterocycles. The fraction of sp³-hybridized carbons (Fsp3) is 0.200. The lowest BCUT2D eigenvalue weighted by molar-refractivity contribution is 0.625. The molecule has 0 aliphatic heterocycles. The molecule has 2 rings (SSSR count). The maximum atomic E-state index is 12.4. The molecule has 2 aromatic carbocycles. The summed E-state index contributed by atoms with van der Waals surface area (Å²) in [6.45, 7) is 3.87. The highest BCUT2D eigenvalue weighted by Gasteiger charge is 1.89. The topological polar surface area (TPSA) is 0 Å². The highest BCUT2D eigenvalue weighted by molar-refractivity contribution is 5.15. The van der Waals surface area contributed by atoms with E-state index in [1.54, 1.807) is 18.2 Å². The van der Waals surface area contributed by atoms with E-state index in [9.17, 15) is 8.78 Å². The number of hydrogen-bond acceptors (Lipinski definition) is 0. The fourth-order valence-corrected chi connectivity index (χ4v) is 1.36. The van der Waals surface area contributed by atoms with E-state index in [0.717, 1.165) is 17.5 Å². The smallest absolute Gasteiger partial charge is 0.123 e. The van der Waals surface area contributed by atoms with Crippen LogP contribution in [0.15, 0.2) is 48.5 Å². The van der Waals surface area contributed by atoms with Crippen molar-refractivity contribution in [2.45, 2.75) is 20.3 Å². The largest absolute Gasteiger partial charge is 0.207 e. The Kier molecular flexibility index (Phi) is 5.34. The first-order chi connectivity index (χ1) is 8.11. The number of halogens is 2. The maximum absolute atomic E-state index is 12.4. The summed E-state index contributed by atoms with van der Waals surface area (Å²) in [7, 11) is 0. The molecule has 0 amide bonds. The summed E-state index contributed by atoms with van der Waals surface area (Å²) in [5, 5.41) is 0. The van der Waals surface area contributed by atoms with Crippen molar-refractivity contribution in [3.63, 3.8) is 0 Å². The Morgan fingerprint density at radius 2 is 1.47 bits per heavy atom. The zero-order chi connectivity index (χ0) is 12.7. The quantitative estimate of drug-likeness (QED) is 0.680. The summed E-state index contributed by atoms with van der Waals surface area (Å²) < 4.78 is 24.5. The summed E-state index contributed by atoms with van der Waals surface area (Å²) >= 11 is 0. The van der Waals surface area contributed by atoms with Crippen LogP contribution in [0.25, 0.3) is 0 Å². The minimum absolute atomic E-state index is 0.144. The van der Waals surface area contributed by atoms with Gasteiger partial charge in [0, 0.05) is 0 Å². The van der Waals surface area contributed by atoms with Crippen LogP contribution in [0.1, 0.15) is 18.1 Å². The van der Waals surface area contributed by atoms with Crippen LogP contribution in [0, 0.1) is 18.6 Å². The Balaban J connectivity index is 0.000000171. The van der Waals surface area contributed by atoms with E-state index in [-0.39, 0.29) is 11.6 Å². The normalized spacial score (nSPS) is 9.41. The third-order valence-corrected chi connectivity index (χ3v) is 2.28. The molecule has 2 aromatic rings. The molecular weight excluding hydrogens is 218 g/mol. The number of hydrogen-bond donors (Lipinski definition) is 0. The Morgan fingerprint density at radius 1 is 0.882 bits per heavy atom. The van der Waals surface area contributed by atoms with Crippen molar-refractivity contribution in [2.24, 2.45) is 0 Å². The van der Waals surface area contributed by atoms with Crippen LogP contribution < -0.4 is 0 Å². The second kappa shape index (κ2) is 6.79. The van der Waals surface area contributed by atoms with Crippen molar-refractivity contribution in [2.75, 3.05) is 0 Å². The van der Waals surface area contributed by atoms with Crippen LogP contribution in [-0.2, 0) is 6.42 Å². The average Bonchev–Trinajstić information content (AvgIpc) is 2.29. The van der Waals surface area contributed by atoms with Gasteiger partial charge in [-0.1, -0.05) is 31.2 Å². The zero-order valence-corrected chi connectivity index (χ0v) is 10.1. The third kappa shape index (κ3) is 5.25. The van der Waals surface area contributed by atoms with Gasteiger partial charge in [0.1, 0.15) is 11.6 Å². The van der Waals surface area contributed by atoms with Crippen molar-refractivity contribution in [1.29, 1.82) is 0 Å². The van der Waals surface area contributed by atoms with Crippen molar-refractivity contribution in [3.8, 4) is 0 Å². The van der Waals surface area contributed by atoms with Crippen LogP contribution in [0.4, 0.5) is 8.78 Å². The van der Waals surface area contributed by atoms with Gasteiger partial charge < -0.3 is 0 Å². The van der Waals surface area contributed by atoms with E-state index >= 15 is 0 Å². The van der Waals surface area contributed by atoms with Gasteiger partial charge >= 0.3 is 0 Å². The van der Waals surface area contributed by atoms with Gasteiger partial charge in [0.25, 0.3) is 0 Å². The molecule has 17 heavy (non-hydrogen) atoms. The highest BCUT2D eigenvalue weighted by atomic mass is 19.1. The molecule has 0 nitrogen and oxygen atoms in total. The predicted molar refractivity (Wildman–Crippen MR) is 66.9 cm³/mol. The molecule has 0 N–H and O–H groups in total. The van der Waals surface area contributed by atoms with E-state index in [0.29, 0.717) is 0 Å². The van der Waals surface area contributed by atoms with E-state index in [1.165, 1.54) is 18.2 Å². The van der Waals surface area contributed by atoms with Gasteiger partial charge in [-0.15, -0.1) is 0 Å². The fourth-order valence-electron chi connectivity index (χ4n) is 1.36. The summed E-state index contributed by atoms with van der Waals surface area (Å²) in [5.74, 6) is -0.306. The Labute approximate surface area is 101 Å². The van der Waals surface area contributed by atoms with E-state index in [2.05, 4.69) is 0 Å². The molecule has 0 radical (unpaired) electrons. The lowest BCUT2D eigenvalue weighted by Crippen LogP contribution is -1.79. The minimum Gasteiger partial charge on any atom is -0.207 e. The van der Waals surface area contributed by atoms with Crippen LogP contribution in [0.5, 0.6) is 0 Å². The monoisotopic (exact) mass is 234 g/mol. The maximum Gasteiger partial charge on any atom is 0.123 e. The van der Waals surface area contributed by atoms with E-state index < -0.39 is 0 Å². The Morgan fingerprint density at radius 3 is 1.82 bits per heavy atom. The Hall–Kier alpha value is -1.70. The van der Waals surface area contributed by atoms with Crippen LogP contribution in [-0.4, -0.2) is 0 Å². The molecule has 0 spiro atoms. The second-order valence-corrected chi connectivity index (χ2v) is 3.78. The zero-order valence-electron chi connectivity index (χ0n) is 10.1. The second-order valence-electron chi connectivity index (χ2n) is 3.78. The molecule has 0 fully saturated rings. The lowest BCUT2D eigenvalue weighted by atomic mass is 10.2. The molecule has 0 saturated carbocycles. The molecule has 0 bridgehead atoms. The average molecular weight is 234 g/mol. The van der Waals surface area contributed by atoms with E-state index in [1.807, 2.05) is 26.0 Å². The van der Waals surface area contributed by atoms with Crippen molar-refractivity contribution < 1.29 is 8.78 Å². The van der Waals surface area contributed by atoms with Gasteiger partial charge in [0.05, 0.1) is 0 Å². The summed E-state index contributed by atoms with van der Waals surface area (Å²) in [5.41, 5.74) is 2.01. The SMILES string of the molecule is CCc1cccc(F)c1.Cc1cccc(F)c1. The van der Waals surface area contributed by atoms with Gasteiger partial charge in [-0.3, -0.25) is 0 Å². The highest BCUT2D eigenvalue weighted by Crippen LogP contribution is 2.02. The standard InChI is InChI=1S/C8H9F.C7H7F/c1-2-7-4-3-5-8(9)6-7;1-6-3-2-4-7(8)5-6/h3-6H,2H2,1H3;2-5H,1H3. The third-order valence-electron chi connectivity index (χ3n) is 2.28. The molecule has 0 aliphatic rings. The summed E-state index contributed by atoms with van der Waals surface area (Å²) in [6.07, 6.45) is 0.901. The Bertz CT molecular complexity index is 447. The van der Waals surface area contributed by atoms with Crippen LogP contribution >= 0.6 is 0 Å². The van der Waals surface area contributed by atoms with Gasteiger partial charge in [-0.05, 0) is 48.7 Å². The summed E-state index contributed by atoms with van der Waals surface area (Å²) in [4.78, 5) is 0. The first-order valence-corrected chi connectivity index (χ1v) is 5.58. The molecule has 0 atom stereocenters. The molecular formula is C15H16F2. The first kappa shape index (κ1) is 13.4. The lowest BCUT2D eigenvalue weighted by Gasteiger charge is -1.92. The molecule has 2 heteroatoms. The molecule has 0 unspecified atom stereocenters. The minimum atomic E-state index is -0.162. The van der Waals surface area contributed by atoms with Crippen molar-refractivity contribution in [1.82, 2.24) is 0 Å². The predicted octanol–water partition coefficient (Wildman–Crippen LogP) is 4.52. The molecule has 0 heterocycles. The molecule has 0 aliphatic carbocycles. The van der Waals surface area contributed by atoms with Gasteiger partial charge in [-0.2, -0.15) is 0 Å². The van der Waals surface area contributed by atoms with Crippen molar-refractivity contribution >= 4 is 0 Å².